The van der Waals surface area contributed by atoms with E-state index in [-0.39, 0.29) is 12.5 Å². The Morgan fingerprint density at radius 3 is 2.80 bits per heavy atom. The standard InChI is InChI=1S/C18H19N3O4/c1-12-10-21-8-4-5-16(18(21)19-12)25-11-17(22)20-14-9-13(23-2)6-7-15(14)24-3/h4-10H,11H2,1-3H3,(H,20,22). The zero-order chi connectivity index (χ0) is 17.8. The normalized spacial score (nSPS) is 10.5. The second-order valence-corrected chi connectivity index (χ2v) is 5.39. The molecule has 2 aromatic heterocycles. The first-order valence-electron chi connectivity index (χ1n) is 7.69. The van der Waals surface area contributed by atoms with E-state index >= 15 is 0 Å². The molecule has 3 rings (SSSR count). The van der Waals surface area contributed by atoms with Gasteiger partial charge in [-0.2, -0.15) is 0 Å². The van der Waals surface area contributed by atoms with Gasteiger partial charge in [0, 0.05) is 18.5 Å². The number of hydrogen-bond donors (Lipinski definition) is 1. The number of ether oxygens (including phenoxy) is 3. The second kappa shape index (κ2) is 7.12. The molecule has 0 atom stereocenters. The Labute approximate surface area is 145 Å². The number of hydrogen-bond acceptors (Lipinski definition) is 5. The number of anilines is 1. The number of rotatable bonds is 6. The van der Waals surface area contributed by atoms with Gasteiger partial charge in [-0.15, -0.1) is 0 Å². The summed E-state index contributed by atoms with van der Waals surface area (Å²) in [6.45, 7) is 1.75. The summed E-state index contributed by atoms with van der Waals surface area (Å²) in [5.41, 5.74) is 2.07. The Hall–Kier alpha value is -3.22. The monoisotopic (exact) mass is 341 g/mol. The van der Waals surface area contributed by atoms with Crippen LogP contribution in [0.25, 0.3) is 5.65 Å². The highest BCUT2D eigenvalue weighted by Crippen LogP contribution is 2.28. The maximum absolute atomic E-state index is 12.2. The van der Waals surface area contributed by atoms with E-state index < -0.39 is 0 Å². The lowest BCUT2D eigenvalue weighted by Crippen LogP contribution is -2.20. The summed E-state index contributed by atoms with van der Waals surface area (Å²) in [6, 6.07) is 8.79. The van der Waals surface area contributed by atoms with Gasteiger partial charge < -0.3 is 23.9 Å². The highest BCUT2D eigenvalue weighted by Gasteiger charge is 2.11. The van der Waals surface area contributed by atoms with Gasteiger partial charge in [0.25, 0.3) is 5.91 Å². The average Bonchev–Trinajstić information content (AvgIpc) is 3.00. The highest BCUT2D eigenvalue weighted by atomic mass is 16.5. The first kappa shape index (κ1) is 16.6. The van der Waals surface area contributed by atoms with Crippen LogP contribution >= 0.6 is 0 Å². The molecule has 1 amide bonds. The van der Waals surface area contributed by atoms with Gasteiger partial charge in [0.2, 0.25) is 0 Å². The van der Waals surface area contributed by atoms with Crippen LogP contribution in [0, 0.1) is 6.92 Å². The van der Waals surface area contributed by atoms with Crippen molar-refractivity contribution >= 4 is 17.2 Å². The SMILES string of the molecule is COc1ccc(OC)c(NC(=O)COc2cccn3cc(C)nc23)c1. The molecular formula is C18H19N3O4. The maximum atomic E-state index is 12.2. The minimum atomic E-state index is -0.308. The first-order valence-corrected chi connectivity index (χ1v) is 7.69. The lowest BCUT2D eigenvalue weighted by Gasteiger charge is -2.12. The summed E-state index contributed by atoms with van der Waals surface area (Å²) in [5.74, 6) is 1.40. The molecule has 0 bridgehead atoms. The van der Waals surface area contributed by atoms with Crippen LogP contribution in [0.4, 0.5) is 5.69 Å². The molecule has 0 saturated heterocycles. The van der Waals surface area contributed by atoms with Gasteiger partial charge in [0.15, 0.2) is 18.0 Å². The summed E-state index contributed by atoms with van der Waals surface area (Å²) in [4.78, 5) is 16.6. The highest BCUT2D eigenvalue weighted by molar-refractivity contribution is 5.93. The van der Waals surface area contributed by atoms with Crippen molar-refractivity contribution in [2.45, 2.75) is 6.92 Å². The number of fused-ring (bicyclic) bond motifs is 1. The topological polar surface area (TPSA) is 74.1 Å². The minimum Gasteiger partial charge on any atom is -0.497 e. The van der Waals surface area contributed by atoms with Crippen molar-refractivity contribution in [1.82, 2.24) is 9.38 Å². The van der Waals surface area contributed by atoms with Crippen LogP contribution in [0.15, 0.2) is 42.7 Å². The molecule has 0 fully saturated rings. The number of carbonyl (C=O) groups is 1. The van der Waals surface area contributed by atoms with Gasteiger partial charge in [-0.05, 0) is 31.2 Å². The van der Waals surface area contributed by atoms with Gasteiger partial charge in [-0.3, -0.25) is 4.79 Å². The molecule has 0 aliphatic heterocycles. The van der Waals surface area contributed by atoms with Crippen molar-refractivity contribution in [3.8, 4) is 17.2 Å². The predicted octanol–water partition coefficient (Wildman–Crippen LogP) is 2.68. The molecule has 7 nitrogen and oxygen atoms in total. The maximum Gasteiger partial charge on any atom is 0.262 e. The van der Waals surface area contributed by atoms with E-state index in [0.29, 0.717) is 28.6 Å². The van der Waals surface area contributed by atoms with Gasteiger partial charge in [-0.25, -0.2) is 4.98 Å². The first-order chi connectivity index (χ1) is 12.1. The number of amides is 1. The Morgan fingerprint density at radius 1 is 1.20 bits per heavy atom. The summed E-state index contributed by atoms with van der Waals surface area (Å²) in [6.07, 6.45) is 3.77. The number of nitrogens with zero attached hydrogens (tertiary/aromatic N) is 2. The number of nitrogens with one attached hydrogen (secondary N) is 1. The van der Waals surface area contributed by atoms with Crippen molar-refractivity contribution < 1.29 is 19.0 Å². The van der Waals surface area contributed by atoms with Crippen LogP contribution in [-0.2, 0) is 4.79 Å². The van der Waals surface area contributed by atoms with Crippen LogP contribution in [0.1, 0.15) is 5.69 Å². The molecule has 2 heterocycles. The predicted molar refractivity (Wildman–Crippen MR) is 93.6 cm³/mol. The molecule has 7 heteroatoms. The molecule has 0 aliphatic rings. The number of aryl methyl sites for hydroxylation is 1. The van der Waals surface area contributed by atoms with Crippen molar-refractivity contribution in [1.29, 1.82) is 0 Å². The lowest BCUT2D eigenvalue weighted by atomic mass is 10.2. The molecule has 0 radical (unpaired) electrons. The van der Waals surface area contributed by atoms with E-state index in [9.17, 15) is 4.79 Å². The Bertz CT molecular complexity index is 904. The molecule has 0 aliphatic carbocycles. The number of methoxy groups -OCH3 is 2. The summed E-state index contributed by atoms with van der Waals surface area (Å²) < 4.78 is 17.9. The largest absolute Gasteiger partial charge is 0.497 e. The number of imidazole rings is 1. The number of pyridine rings is 1. The smallest absolute Gasteiger partial charge is 0.262 e. The zero-order valence-corrected chi connectivity index (χ0v) is 14.3. The number of aromatic nitrogens is 2. The van der Waals surface area contributed by atoms with E-state index in [1.165, 1.54) is 7.11 Å². The summed E-state index contributed by atoms with van der Waals surface area (Å²) >= 11 is 0. The molecular weight excluding hydrogens is 322 g/mol. The van der Waals surface area contributed by atoms with Crippen LogP contribution in [0.2, 0.25) is 0 Å². The fraction of sp³-hybridized carbons (Fsp3) is 0.222. The van der Waals surface area contributed by atoms with E-state index in [4.69, 9.17) is 14.2 Å². The lowest BCUT2D eigenvalue weighted by molar-refractivity contribution is -0.118. The fourth-order valence-corrected chi connectivity index (χ4v) is 2.46. The minimum absolute atomic E-state index is 0.147. The summed E-state index contributed by atoms with van der Waals surface area (Å²) in [5, 5.41) is 2.76. The Balaban J connectivity index is 1.70. The van der Waals surface area contributed by atoms with Crippen LogP contribution in [-0.4, -0.2) is 36.1 Å². The summed E-state index contributed by atoms with van der Waals surface area (Å²) in [7, 11) is 3.10. The molecule has 0 unspecified atom stereocenters. The molecule has 25 heavy (non-hydrogen) atoms. The van der Waals surface area contributed by atoms with Gasteiger partial charge in [0.1, 0.15) is 11.5 Å². The Morgan fingerprint density at radius 2 is 2.04 bits per heavy atom. The number of carbonyl (C=O) groups excluding carboxylic acids is 1. The molecule has 3 aromatic rings. The van der Waals surface area contributed by atoms with E-state index in [1.807, 2.05) is 29.8 Å². The Kier molecular flexibility index (Phi) is 4.74. The van der Waals surface area contributed by atoms with E-state index in [0.717, 1.165) is 5.69 Å². The van der Waals surface area contributed by atoms with Crippen LogP contribution in [0.3, 0.4) is 0 Å². The van der Waals surface area contributed by atoms with E-state index in [2.05, 4.69) is 10.3 Å². The molecule has 130 valence electrons. The fourth-order valence-electron chi connectivity index (χ4n) is 2.46. The van der Waals surface area contributed by atoms with Gasteiger partial charge in [0.05, 0.1) is 25.6 Å². The molecule has 0 saturated carbocycles. The quantitative estimate of drug-likeness (QED) is 0.746. The molecule has 0 spiro atoms. The average molecular weight is 341 g/mol. The third kappa shape index (κ3) is 3.65. The third-order valence-electron chi connectivity index (χ3n) is 3.61. The van der Waals surface area contributed by atoms with Gasteiger partial charge >= 0.3 is 0 Å². The third-order valence-corrected chi connectivity index (χ3v) is 3.61. The van der Waals surface area contributed by atoms with Crippen molar-refractivity contribution in [3.63, 3.8) is 0 Å². The van der Waals surface area contributed by atoms with Crippen molar-refractivity contribution in [3.05, 3.63) is 48.4 Å². The molecule has 1 aromatic carbocycles. The number of benzene rings is 1. The second-order valence-electron chi connectivity index (χ2n) is 5.39. The van der Waals surface area contributed by atoms with Crippen molar-refractivity contribution in [2.24, 2.45) is 0 Å². The van der Waals surface area contributed by atoms with Gasteiger partial charge in [-0.1, -0.05) is 0 Å². The zero-order valence-electron chi connectivity index (χ0n) is 14.3. The van der Waals surface area contributed by atoms with Crippen LogP contribution < -0.4 is 19.5 Å². The molecule has 1 N–H and O–H groups in total. The van der Waals surface area contributed by atoms with E-state index in [1.54, 1.807) is 31.4 Å². The van der Waals surface area contributed by atoms with Crippen molar-refractivity contribution in [2.75, 3.05) is 26.1 Å². The van der Waals surface area contributed by atoms with Crippen LogP contribution in [0.5, 0.6) is 17.2 Å².